The summed E-state index contributed by atoms with van der Waals surface area (Å²) in [6.45, 7) is 15.4. The Labute approximate surface area is 134 Å². The molecule has 0 heterocycles. The normalized spacial score (nSPS) is 24.0. The molecule has 2 heteroatoms. The van der Waals surface area contributed by atoms with E-state index >= 15 is 0 Å². The van der Waals surface area contributed by atoms with Gasteiger partial charge in [0.15, 0.2) is 0 Å². The van der Waals surface area contributed by atoms with Gasteiger partial charge in [-0.05, 0) is 44.1 Å². The Morgan fingerprint density at radius 3 is 2.24 bits per heavy atom. The molecule has 0 amide bonds. The summed E-state index contributed by atoms with van der Waals surface area (Å²) in [5.74, 6) is 1.63. The van der Waals surface area contributed by atoms with Gasteiger partial charge in [0.25, 0.3) is 0 Å². The summed E-state index contributed by atoms with van der Waals surface area (Å²) >= 11 is 0. The summed E-state index contributed by atoms with van der Waals surface area (Å²) in [5, 5.41) is 3.78. The molecule has 1 aliphatic rings. The number of nitrogens with one attached hydrogen (secondary N) is 1. The van der Waals surface area contributed by atoms with Gasteiger partial charge in [0, 0.05) is 25.2 Å². The predicted octanol–water partition coefficient (Wildman–Crippen LogP) is 4.69. The van der Waals surface area contributed by atoms with Crippen molar-refractivity contribution in [3.63, 3.8) is 0 Å². The Hall–Kier alpha value is -0.0800. The van der Waals surface area contributed by atoms with Gasteiger partial charge in [-0.1, -0.05) is 53.9 Å². The monoisotopic (exact) mass is 296 g/mol. The first kappa shape index (κ1) is 19.0. The highest BCUT2D eigenvalue weighted by molar-refractivity contribution is 4.83. The molecule has 0 aromatic rings. The standard InChI is InChI=1S/C19H40N2/c1-6-18(7-2)21(14-16(4)5)15-17-12-10-9-11-13-19(17)20-8-3/h16-20H,6-15H2,1-5H3. The van der Waals surface area contributed by atoms with Crippen molar-refractivity contribution in [3.05, 3.63) is 0 Å². The quantitative estimate of drug-likeness (QED) is 0.621. The minimum atomic E-state index is 0.751. The molecule has 0 spiro atoms. The Kier molecular flexibility index (Phi) is 9.59. The Bertz CT molecular complexity index is 248. The number of hydrogen-bond donors (Lipinski definition) is 1. The van der Waals surface area contributed by atoms with Crippen LogP contribution < -0.4 is 5.32 Å². The molecule has 1 N–H and O–H groups in total. The lowest BCUT2D eigenvalue weighted by molar-refractivity contribution is 0.123. The average molecular weight is 297 g/mol. The molecule has 2 atom stereocenters. The first-order valence-corrected chi connectivity index (χ1v) is 9.59. The third-order valence-electron chi connectivity index (χ3n) is 5.15. The van der Waals surface area contributed by atoms with Crippen molar-refractivity contribution >= 4 is 0 Å². The highest BCUT2D eigenvalue weighted by Gasteiger charge is 2.27. The van der Waals surface area contributed by atoms with E-state index in [0.29, 0.717) is 0 Å². The zero-order valence-electron chi connectivity index (χ0n) is 15.3. The maximum Gasteiger partial charge on any atom is 0.0107 e. The van der Waals surface area contributed by atoms with Crippen LogP contribution in [0.4, 0.5) is 0 Å². The van der Waals surface area contributed by atoms with E-state index < -0.39 is 0 Å². The van der Waals surface area contributed by atoms with Gasteiger partial charge < -0.3 is 5.32 Å². The lowest BCUT2D eigenvalue weighted by Gasteiger charge is -2.37. The summed E-state index contributed by atoms with van der Waals surface area (Å²) < 4.78 is 0. The number of rotatable bonds is 9. The van der Waals surface area contributed by atoms with Gasteiger partial charge >= 0.3 is 0 Å². The topological polar surface area (TPSA) is 15.3 Å². The summed E-state index contributed by atoms with van der Waals surface area (Å²) in [6, 6.07) is 1.53. The zero-order valence-corrected chi connectivity index (χ0v) is 15.3. The maximum atomic E-state index is 3.78. The number of nitrogens with zero attached hydrogens (tertiary/aromatic N) is 1. The molecule has 1 rings (SSSR count). The van der Waals surface area contributed by atoms with E-state index in [4.69, 9.17) is 0 Å². The van der Waals surface area contributed by atoms with E-state index in [9.17, 15) is 0 Å². The third-order valence-corrected chi connectivity index (χ3v) is 5.15. The second kappa shape index (κ2) is 10.6. The second-order valence-electron chi connectivity index (χ2n) is 7.38. The summed E-state index contributed by atoms with van der Waals surface area (Å²) in [6.07, 6.45) is 9.69. The molecular weight excluding hydrogens is 256 g/mol. The zero-order chi connectivity index (χ0) is 15.7. The van der Waals surface area contributed by atoms with Crippen LogP contribution in [0.2, 0.25) is 0 Å². The van der Waals surface area contributed by atoms with Crippen LogP contribution in [0.1, 0.15) is 79.6 Å². The first-order valence-electron chi connectivity index (χ1n) is 9.59. The molecular formula is C19H40N2. The molecule has 0 aromatic heterocycles. The van der Waals surface area contributed by atoms with Gasteiger partial charge in [-0.25, -0.2) is 0 Å². The number of hydrogen-bond acceptors (Lipinski definition) is 2. The molecule has 0 radical (unpaired) electrons. The fourth-order valence-electron chi connectivity index (χ4n) is 4.08. The predicted molar refractivity (Wildman–Crippen MR) is 94.8 cm³/mol. The van der Waals surface area contributed by atoms with Gasteiger partial charge in [0.05, 0.1) is 0 Å². The molecule has 1 saturated carbocycles. The SMILES string of the molecule is CCNC1CCCCCC1CN(CC(C)C)C(CC)CC. The molecule has 1 fully saturated rings. The van der Waals surface area contributed by atoms with Crippen LogP contribution in [0.25, 0.3) is 0 Å². The van der Waals surface area contributed by atoms with E-state index in [1.54, 1.807) is 0 Å². The average Bonchev–Trinajstić information content (AvgIpc) is 2.66. The fraction of sp³-hybridized carbons (Fsp3) is 1.00. The van der Waals surface area contributed by atoms with Crippen LogP contribution in [0.5, 0.6) is 0 Å². The van der Waals surface area contributed by atoms with Crippen molar-refractivity contribution in [1.82, 2.24) is 10.2 Å². The van der Waals surface area contributed by atoms with Gasteiger partial charge in [-0.15, -0.1) is 0 Å². The van der Waals surface area contributed by atoms with E-state index in [2.05, 4.69) is 44.8 Å². The van der Waals surface area contributed by atoms with Gasteiger partial charge in [-0.2, -0.15) is 0 Å². The summed E-state index contributed by atoms with van der Waals surface area (Å²) in [5.41, 5.74) is 0. The fourth-order valence-corrected chi connectivity index (χ4v) is 4.08. The molecule has 2 unspecified atom stereocenters. The lowest BCUT2D eigenvalue weighted by atomic mass is 9.92. The highest BCUT2D eigenvalue weighted by Crippen LogP contribution is 2.26. The van der Waals surface area contributed by atoms with Gasteiger partial charge in [0.1, 0.15) is 0 Å². The van der Waals surface area contributed by atoms with Crippen molar-refractivity contribution in [2.75, 3.05) is 19.6 Å². The molecule has 2 nitrogen and oxygen atoms in total. The largest absolute Gasteiger partial charge is 0.314 e. The molecule has 1 aliphatic carbocycles. The minimum Gasteiger partial charge on any atom is -0.314 e. The molecule has 0 saturated heterocycles. The van der Waals surface area contributed by atoms with E-state index in [0.717, 1.165) is 30.5 Å². The van der Waals surface area contributed by atoms with E-state index in [-0.39, 0.29) is 0 Å². The summed E-state index contributed by atoms with van der Waals surface area (Å²) in [4.78, 5) is 2.81. The summed E-state index contributed by atoms with van der Waals surface area (Å²) in [7, 11) is 0. The second-order valence-corrected chi connectivity index (χ2v) is 7.38. The van der Waals surface area contributed by atoms with Crippen LogP contribution in [0, 0.1) is 11.8 Å². The smallest absolute Gasteiger partial charge is 0.0107 e. The molecule has 21 heavy (non-hydrogen) atoms. The van der Waals surface area contributed by atoms with Crippen LogP contribution in [-0.2, 0) is 0 Å². The van der Waals surface area contributed by atoms with Crippen molar-refractivity contribution in [3.8, 4) is 0 Å². The third kappa shape index (κ3) is 6.69. The molecule has 0 bridgehead atoms. The first-order chi connectivity index (χ1) is 10.1. The van der Waals surface area contributed by atoms with Crippen molar-refractivity contribution < 1.29 is 0 Å². The Morgan fingerprint density at radius 2 is 1.67 bits per heavy atom. The van der Waals surface area contributed by atoms with Crippen LogP contribution in [0.15, 0.2) is 0 Å². The highest BCUT2D eigenvalue weighted by atomic mass is 15.2. The minimum absolute atomic E-state index is 0.751. The van der Waals surface area contributed by atoms with Crippen molar-refractivity contribution in [2.24, 2.45) is 11.8 Å². The Morgan fingerprint density at radius 1 is 1.00 bits per heavy atom. The van der Waals surface area contributed by atoms with E-state index in [1.165, 1.54) is 58.0 Å². The van der Waals surface area contributed by atoms with E-state index in [1.807, 2.05) is 0 Å². The van der Waals surface area contributed by atoms with Crippen LogP contribution in [0.3, 0.4) is 0 Å². The molecule has 126 valence electrons. The van der Waals surface area contributed by atoms with Gasteiger partial charge in [-0.3, -0.25) is 4.90 Å². The molecule has 0 aromatic carbocycles. The Balaban J connectivity index is 2.71. The van der Waals surface area contributed by atoms with Crippen LogP contribution in [-0.4, -0.2) is 36.6 Å². The van der Waals surface area contributed by atoms with Crippen molar-refractivity contribution in [1.29, 1.82) is 0 Å². The maximum absolute atomic E-state index is 3.78. The van der Waals surface area contributed by atoms with Gasteiger partial charge in [0.2, 0.25) is 0 Å². The van der Waals surface area contributed by atoms with Crippen LogP contribution >= 0.6 is 0 Å². The van der Waals surface area contributed by atoms with Crippen molar-refractivity contribution in [2.45, 2.75) is 91.6 Å². The lowest BCUT2D eigenvalue weighted by Crippen LogP contribution is -2.46. The molecule has 0 aliphatic heterocycles.